The molecule has 0 spiro atoms. The maximum absolute atomic E-state index is 12.9. The van der Waals surface area contributed by atoms with E-state index in [0.717, 1.165) is 12.8 Å². The quantitative estimate of drug-likeness (QED) is 0.737. The average Bonchev–Trinajstić information content (AvgIpc) is 2.64. The van der Waals surface area contributed by atoms with Gasteiger partial charge < -0.3 is 9.47 Å². The summed E-state index contributed by atoms with van der Waals surface area (Å²) in [6.45, 7) is 2.96. The van der Waals surface area contributed by atoms with Gasteiger partial charge in [-0.05, 0) is 43.9 Å². The zero-order valence-corrected chi connectivity index (χ0v) is 15.6. The van der Waals surface area contributed by atoms with E-state index in [4.69, 9.17) is 9.47 Å². The number of sulfonamides is 1. The average molecular weight is 381 g/mol. The molecular weight excluding hydrogens is 358 g/mol. The number of esters is 1. The number of benzene rings is 1. The topological polar surface area (TPSA) is 90.0 Å². The lowest BCUT2D eigenvalue weighted by molar-refractivity contribution is -0.129. The number of ketones is 1. The monoisotopic (exact) mass is 381 g/mol. The van der Waals surface area contributed by atoms with Crippen molar-refractivity contribution in [3.05, 3.63) is 29.3 Å². The molecule has 8 heteroatoms. The fourth-order valence-electron chi connectivity index (χ4n) is 3.20. The number of aryl methyl sites for hydroxylation is 1. The van der Waals surface area contributed by atoms with E-state index in [1.54, 1.807) is 13.0 Å². The number of ether oxygens (including phenoxy) is 2. The van der Waals surface area contributed by atoms with Crippen LogP contribution < -0.4 is 0 Å². The minimum absolute atomic E-state index is 0.0714. The van der Waals surface area contributed by atoms with Crippen molar-refractivity contribution >= 4 is 21.8 Å². The Bertz CT molecular complexity index is 798. The highest BCUT2D eigenvalue weighted by atomic mass is 32.2. The van der Waals surface area contributed by atoms with Gasteiger partial charge in [0.15, 0.2) is 11.9 Å². The number of Topliss-reactive ketones (excluding diaryl/α,β-unsaturated/α-hetero) is 1. The summed E-state index contributed by atoms with van der Waals surface area (Å²) in [5, 5.41) is 0. The van der Waals surface area contributed by atoms with Gasteiger partial charge in [-0.25, -0.2) is 13.2 Å². The Morgan fingerprint density at radius 2 is 1.96 bits per heavy atom. The largest absolute Gasteiger partial charge is 0.451 e. The van der Waals surface area contributed by atoms with E-state index in [2.05, 4.69) is 0 Å². The molecule has 1 saturated carbocycles. The van der Waals surface area contributed by atoms with Crippen LogP contribution in [0, 0.1) is 6.92 Å². The van der Waals surface area contributed by atoms with Gasteiger partial charge in [0.1, 0.15) is 0 Å². The van der Waals surface area contributed by atoms with Crippen molar-refractivity contribution in [1.29, 1.82) is 0 Å². The van der Waals surface area contributed by atoms with E-state index in [9.17, 15) is 18.0 Å². The minimum atomic E-state index is -3.71. The number of hydrogen-bond donors (Lipinski definition) is 0. The molecule has 26 heavy (non-hydrogen) atoms. The molecule has 1 aromatic carbocycles. The number of rotatable bonds is 4. The molecule has 142 valence electrons. The predicted octanol–water partition coefficient (Wildman–Crippen LogP) is 1.68. The summed E-state index contributed by atoms with van der Waals surface area (Å²) in [5.74, 6) is -0.735. The molecule has 0 radical (unpaired) electrons. The third-order valence-corrected chi connectivity index (χ3v) is 6.80. The molecule has 0 bridgehead atoms. The molecule has 1 saturated heterocycles. The summed E-state index contributed by atoms with van der Waals surface area (Å²) in [6.07, 6.45) is 1.88. The molecule has 3 rings (SSSR count). The molecule has 1 aromatic rings. The third-order valence-electron chi connectivity index (χ3n) is 4.76. The summed E-state index contributed by atoms with van der Waals surface area (Å²) in [4.78, 5) is 24.4. The smallest absolute Gasteiger partial charge is 0.338 e. The van der Waals surface area contributed by atoms with Gasteiger partial charge in [0.25, 0.3) is 0 Å². The van der Waals surface area contributed by atoms with Crippen LogP contribution in [-0.4, -0.2) is 56.9 Å². The van der Waals surface area contributed by atoms with Crippen LogP contribution in [0.5, 0.6) is 0 Å². The maximum Gasteiger partial charge on any atom is 0.338 e. The first-order chi connectivity index (χ1) is 12.4. The van der Waals surface area contributed by atoms with Gasteiger partial charge in [0.05, 0.1) is 23.7 Å². The van der Waals surface area contributed by atoms with Gasteiger partial charge in [-0.2, -0.15) is 4.31 Å². The van der Waals surface area contributed by atoms with Crippen LogP contribution in [0.2, 0.25) is 0 Å². The molecule has 1 heterocycles. The van der Waals surface area contributed by atoms with E-state index in [0.29, 0.717) is 31.6 Å². The zero-order chi connectivity index (χ0) is 18.7. The van der Waals surface area contributed by atoms with Crippen LogP contribution in [0.3, 0.4) is 0 Å². The van der Waals surface area contributed by atoms with Crippen LogP contribution in [-0.2, 0) is 24.3 Å². The Labute approximate surface area is 153 Å². The molecule has 2 aliphatic rings. The summed E-state index contributed by atoms with van der Waals surface area (Å²) in [7, 11) is -3.71. The molecule has 7 nitrogen and oxygen atoms in total. The summed E-state index contributed by atoms with van der Waals surface area (Å²) < 4.78 is 37.7. The summed E-state index contributed by atoms with van der Waals surface area (Å²) in [5.41, 5.74) is 0.697. The zero-order valence-electron chi connectivity index (χ0n) is 14.8. The number of morpholine rings is 1. The number of carbonyl (C=O) groups excluding carboxylic acids is 2. The first kappa shape index (κ1) is 19.0. The Kier molecular flexibility index (Phi) is 5.74. The molecule has 1 aliphatic carbocycles. The molecule has 0 aromatic heterocycles. The second-order valence-electron chi connectivity index (χ2n) is 6.60. The van der Waals surface area contributed by atoms with Gasteiger partial charge in [-0.15, -0.1) is 0 Å². The molecule has 1 aliphatic heterocycles. The highest BCUT2D eigenvalue weighted by Gasteiger charge is 2.30. The second kappa shape index (κ2) is 7.85. The van der Waals surface area contributed by atoms with Crippen molar-refractivity contribution in [2.45, 2.75) is 43.6 Å². The van der Waals surface area contributed by atoms with Crippen molar-refractivity contribution in [3.63, 3.8) is 0 Å². The third kappa shape index (κ3) is 3.97. The van der Waals surface area contributed by atoms with Crippen molar-refractivity contribution in [2.75, 3.05) is 26.3 Å². The van der Waals surface area contributed by atoms with Crippen LogP contribution in [0.15, 0.2) is 23.1 Å². The van der Waals surface area contributed by atoms with Crippen LogP contribution in [0.4, 0.5) is 0 Å². The van der Waals surface area contributed by atoms with Gasteiger partial charge in [-0.3, -0.25) is 4.79 Å². The van der Waals surface area contributed by atoms with Crippen LogP contribution in [0.25, 0.3) is 0 Å². The lowest BCUT2D eigenvalue weighted by Crippen LogP contribution is -2.40. The first-order valence-electron chi connectivity index (χ1n) is 8.82. The lowest BCUT2D eigenvalue weighted by Gasteiger charge is -2.27. The highest BCUT2D eigenvalue weighted by Crippen LogP contribution is 2.24. The molecule has 0 N–H and O–H groups in total. The van der Waals surface area contributed by atoms with Gasteiger partial charge in [-0.1, -0.05) is 6.07 Å². The standard InChI is InChI=1S/C18H23NO6S/c1-13-6-7-14(18(21)25-16-5-3-2-4-15(16)20)12-17(13)26(22,23)19-8-10-24-11-9-19/h6-7,12,16H,2-5,8-11H2,1H3. The number of carbonyl (C=O) groups is 2. The van der Waals surface area contributed by atoms with E-state index < -0.39 is 22.1 Å². The fraction of sp³-hybridized carbons (Fsp3) is 0.556. The number of hydrogen-bond acceptors (Lipinski definition) is 6. The van der Waals surface area contributed by atoms with E-state index in [1.165, 1.54) is 16.4 Å². The molecule has 0 amide bonds. The predicted molar refractivity (Wildman–Crippen MR) is 93.4 cm³/mol. The van der Waals surface area contributed by atoms with Crippen molar-refractivity contribution in [1.82, 2.24) is 4.31 Å². The van der Waals surface area contributed by atoms with Gasteiger partial charge in [0, 0.05) is 19.5 Å². The molecular formula is C18H23NO6S. The van der Waals surface area contributed by atoms with Crippen molar-refractivity contribution in [2.24, 2.45) is 0 Å². The van der Waals surface area contributed by atoms with E-state index in [-0.39, 0.29) is 29.3 Å². The van der Waals surface area contributed by atoms with Crippen LogP contribution in [0.1, 0.15) is 41.6 Å². The highest BCUT2D eigenvalue weighted by molar-refractivity contribution is 7.89. The Hall–Kier alpha value is -1.77. The normalized spacial score (nSPS) is 22.2. The molecule has 2 fully saturated rings. The van der Waals surface area contributed by atoms with E-state index >= 15 is 0 Å². The van der Waals surface area contributed by atoms with Gasteiger partial charge in [0.2, 0.25) is 10.0 Å². The fourth-order valence-corrected chi connectivity index (χ4v) is 4.86. The Balaban J connectivity index is 1.82. The van der Waals surface area contributed by atoms with Crippen LogP contribution >= 0.6 is 0 Å². The summed E-state index contributed by atoms with van der Waals surface area (Å²) in [6, 6.07) is 4.46. The Morgan fingerprint density at radius 3 is 2.65 bits per heavy atom. The second-order valence-corrected chi connectivity index (χ2v) is 8.51. The van der Waals surface area contributed by atoms with Crippen molar-refractivity contribution in [3.8, 4) is 0 Å². The SMILES string of the molecule is Cc1ccc(C(=O)OC2CCCCC2=O)cc1S(=O)(=O)N1CCOCC1. The minimum Gasteiger partial charge on any atom is -0.451 e. The number of nitrogens with zero attached hydrogens (tertiary/aromatic N) is 1. The first-order valence-corrected chi connectivity index (χ1v) is 10.3. The lowest BCUT2D eigenvalue weighted by atomic mass is 9.96. The van der Waals surface area contributed by atoms with E-state index in [1.807, 2.05) is 0 Å². The maximum atomic E-state index is 12.9. The summed E-state index contributed by atoms with van der Waals surface area (Å²) >= 11 is 0. The Morgan fingerprint density at radius 1 is 1.23 bits per heavy atom. The molecule has 1 atom stereocenters. The van der Waals surface area contributed by atoms with Crippen molar-refractivity contribution < 1.29 is 27.5 Å². The van der Waals surface area contributed by atoms with Gasteiger partial charge >= 0.3 is 5.97 Å². The molecule has 1 unspecified atom stereocenters.